The van der Waals surface area contributed by atoms with E-state index >= 15 is 0 Å². The molecule has 4 heterocycles. The van der Waals surface area contributed by atoms with Gasteiger partial charge in [-0.3, -0.25) is 4.90 Å². The van der Waals surface area contributed by atoms with Crippen LogP contribution in [0.25, 0.3) is 10.7 Å². The van der Waals surface area contributed by atoms with Gasteiger partial charge in [0.15, 0.2) is 0 Å². The molecule has 112 valence electrons. The Morgan fingerprint density at radius 3 is 3.14 bits per heavy atom. The highest BCUT2D eigenvalue weighted by Crippen LogP contribution is 2.41. The second kappa shape index (κ2) is 4.90. The van der Waals surface area contributed by atoms with E-state index in [9.17, 15) is 0 Å². The van der Waals surface area contributed by atoms with E-state index in [2.05, 4.69) is 34.2 Å². The van der Waals surface area contributed by atoms with Crippen LogP contribution in [-0.2, 0) is 6.54 Å². The third-order valence-corrected chi connectivity index (χ3v) is 5.92. The number of nitrogens with one attached hydrogen (secondary N) is 1. The number of hydrogen-bond acceptors (Lipinski definition) is 6. The molecule has 0 aromatic carbocycles. The maximum absolute atomic E-state index is 5.45. The minimum absolute atomic E-state index is 0.186. The largest absolute Gasteiger partial charge is 0.338 e. The molecule has 5 nitrogen and oxygen atoms in total. The van der Waals surface area contributed by atoms with E-state index in [0.29, 0.717) is 5.82 Å². The lowest BCUT2D eigenvalue weighted by Crippen LogP contribution is -2.43. The Kier molecular flexibility index (Phi) is 3.13. The van der Waals surface area contributed by atoms with Gasteiger partial charge in [-0.25, -0.2) is 0 Å². The molecule has 2 aliphatic heterocycles. The molecule has 2 unspecified atom stereocenters. The van der Waals surface area contributed by atoms with Gasteiger partial charge in [-0.2, -0.15) is 4.98 Å². The lowest BCUT2D eigenvalue weighted by atomic mass is 9.85. The molecule has 2 fully saturated rings. The first-order valence-corrected chi connectivity index (χ1v) is 8.35. The number of likely N-dealkylation sites (tertiary alicyclic amines) is 1. The predicted octanol–water partition coefficient (Wildman–Crippen LogP) is 2.23. The van der Waals surface area contributed by atoms with Gasteiger partial charge in [0.25, 0.3) is 0 Å². The molecule has 21 heavy (non-hydrogen) atoms. The zero-order chi connectivity index (χ0) is 14.4. The molecule has 2 aliphatic rings. The number of hydrogen-bond donors (Lipinski definition) is 1. The van der Waals surface area contributed by atoms with Gasteiger partial charge in [0.1, 0.15) is 0 Å². The van der Waals surface area contributed by atoms with Gasteiger partial charge in [-0.15, -0.1) is 11.3 Å². The number of thiophene rings is 1. The van der Waals surface area contributed by atoms with Crippen molar-refractivity contribution in [1.82, 2.24) is 20.4 Å². The van der Waals surface area contributed by atoms with Crippen LogP contribution in [-0.4, -0.2) is 40.2 Å². The lowest BCUT2D eigenvalue weighted by Gasteiger charge is -2.34. The fourth-order valence-corrected chi connectivity index (χ4v) is 4.41. The summed E-state index contributed by atoms with van der Waals surface area (Å²) in [5, 5.41) is 9.65. The molecule has 2 aromatic rings. The standard InChI is InChI=1S/C15H20N4OS/c1-15(2)11-7-16-6-10(11)8-19(15)9-13-17-14(18-20-13)12-4-3-5-21-12/h3-5,10-11,16H,6-9H2,1-2H3. The van der Waals surface area contributed by atoms with Crippen molar-refractivity contribution in [3.63, 3.8) is 0 Å². The molecule has 4 rings (SSSR count). The minimum atomic E-state index is 0.186. The highest BCUT2D eigenvalue weighted by Gasteiger charge is 2.49. The summed E-state index contributed by atoms with van der Waals surface area (Å²) in [5.74, 6) is 2.90. The molecule has 6 heteroatoms. The smallest absolute Gasteiger partial charge is 0.241 e. The SMILES string of the molecule is CC1(C)C2CNCC2CN1Cc1nc(-c2cccs2)no1. The molecule has 2 saturated heterocycles. The minimum Gasteiger partial charge on any atom is -0.338 e. The topological polar surface area (TPSA) is 54.2 Å². The Hall–Kier alpha value is -1.24. The van der Waals surface area contributed by atoms with Crippen molar-refractivity contribution in [3.05, 3.63) is 23.4 Å². The molecular formula is C15H20N4OS. The van der Waals surface area contributed by atoms with Crippen molar-refractivity contribution >= 4 is 11.3 Å². The van der Waals surface area contributed by atoms with Gasteiger partial charge in [0.2, 0.25) is 11.7 Å². The Bertz CT molecular complexity index is 621. The summed E-state index contributed by atoms with van der Waals surface area (Å²) in [6.07, 6.45) is 0. The van der Waals surface area contributed by atoms with Crippen LogP contribution in [0, 0.1) is 11.8 Å². The van der Waals surface area contributed by atoms with Gasteiger partial charge in [0.05, 0.1) is 11.4 Å². The highest BCUT2D eigenvalue weighted by molar-refractivity contribution is 7.13. The third-order valence-electron chi connectivity index (χ3n) is 5.05. The normalized spacial score (nSPS) is 28.1. The Balaban J connectivity index is 1.52. The second-order valence-corrected chi connectivity index (χ2v) is 7.50. The lowest BCUT2D eigenvalue weighted by molar-refractivity contribution is 0.117. The molecule has 0 amide bonds. The summed E-state index contributed by atoms with van der Waals surface area (Å²) in [7, 11) is 0. The summed E-state index contributed by atoms with van der Waals surface area (Å²) < 4.78 is 5.45. The Morgan fingerprint density at radius 2 is 2.38 bits per heavy atom. The first-order chi connectivity index (χ1) is 10.1. The molecule has 0 bridgehead atoms. The van der Waals surface area contributed by atoms with Crippen LogP contribution in [0.2, 0.25) is 0 Å². The van der Waals surface area contributed by atoms with Gasteiger partial charge < -0.3 is 9.84 Å². The zero-order valence-electron chi connectivity index (χ0n) is 12.4. The Labute approximate surface area is 128 Å². The fourth-order valence-electron chi connectivity index (χ4n) is 3.76. The van der Waals surface area contributed by atoms with Crippen LogP contribution in [0.1, 0.15) is 19.7 Å². The molecule has 0 spiro atoms. The van der Waals surface area contributed by atoms with Crippen LogP contribution in [0.3, 0.4) is 0 Å². The predicted molar refractivity (Wildman–Crippen MR) is 81.9 cm³/mol. The molecular weight excluding hydrogens is 284 g/mol. The van der Waals surface area contributed by atoms with Crippen molar-refractivity contribution in [1.29, 1.82) is 0 Å². The summed E-state index contributed by atoms with van der Waals surface area (Å²) in [5.41, 5.74) is 0.186. The summed E-state index contributed by atoms with van der Waals surface area (Å²) in [4.78, 5) is 8.11. The van der Waals surface area contributed by atoms with Crippen molar-refractivity contribution < 1.29 is 4.52 Å². The van der Waals surface area contributed by atoms with Crippen molar-refractivity contribution in [3.8, 4) is 10.7 Å². The van der Waals surface area contributed by atoms with Crippen molar-refractivity contribution in [2.24, 2.45) is 11.8 Å². The number of rotatable bonds is 3. The maximum Gasteiger partial charge on any atom is 0.241 e. The number of nitrogens with zero attached hydrogens (tertiary/aromatic N) is 3. The summed E-state index contributed by atoms with van der Waals surface area (Å²) in [6, 6.07) is 4.03. The monoisotopic (exact) mass is 304 g/mol. The first kappa shape index (κ1) is 13.4. The van der Waals surface area contributed by atoms with E-state index in [0.717, 1.165) is 48.8 Å². The van der Waals surface area contributed by atoms with E-state index in [1.807, 2.05) is 17.5 Å². The zero-order valence-corrected chi connectivity index (χ0v) is 13.2. The van der Waals surface area contributed by atoms with Gasteiger partial charge >= 0.3 is 0 Å². The average molecular weight is 304 g/mol. The first-order valence-electron chi connectivity index (χ1n) is 7.47. The molecule has 0 radical (unpaired) electrons. The van der Waals surface area contributed by atoms with Gasteiger partial charge in [0, 0.05) is 18.6 Å². The van der Waals surface area contributed by atoms with Crippen LogP contribution in [0.5, 0.6) is 0 Å². The average Bonchev–Trinajstić information content (AvgIpc) is 3.20. The van der Waals surface area contributed by atoms with E-state index < -0.39 is 0 Å². The number of aromatic nitrogens is 2. The van der Waals surface area contributed by atoms with E-state index in [1.165, 1.54) is 0 Å². The molecule has 0 aliphatic carbocycles. The van der Waals surface area contributed by atoms with Crippen LogP contribution in [0.15, 0.2) is 22.0 Å². The van der Waals surface area contributed by atoms with E-state index in [1.54, 1.807) is 11.3 Å². The third kappa shape index (κ3) is 2.22. The summed E-state index contributed by atoms with van der Waals surface area (Å²) >= 11 is 1.64. The van der Waals surface area contributed by atoms with E-state index in [4.69, 9.17) is 4.52 Å². The van der Waals surface area contributed by atoms with Crippen LogP contribution in [0.4, 0.5) is 0 Å². The second-order valence-electron chi connectivity index (χ2n) is 6.55. The summed E-state index contributed by atoms with van der Waals surface area (Å²) in [6.45, 7) is 8.79. The van der Waals surface area contributed by atoms with Crippen LogP contribution < -0.4 is 5.32 Å². The van der Waals surface area contributed by atoms with Gasteiger partial charge in [-0.1, -0.05) is 11.2 Å². The Morgan fingerprint density at radius 1 is 1.48 bits per heavy atom. The van der Waals surface area contributed by atoms with Crippen molar-refractivity contribution in [2.75, 3.05) is 19.6 Å². The van der Waals surface area contributed by atoms with Crippen molar-refractivity contribution in [2.45, 2.75) is 25.9 Å². The quantitative estimate of drug-likeness (QED) is 0.942. The molecule has 2 aromatic heterocycles. The molecule has 0 saturated carbocycles. The fraction of sp³-hybridized carbons (Fsp3) is 0.600. The number of fused-ring (bicyclic) bond motifs is 1. The van der Waals surface area contributed by atoms with Crippen LogP contribution >= 0.6 is 11.3 Å². The molecule has 2 atom stereocenters. The highest BCUT2D eigenvalue weighted by atomic mass is 32.1. The van der Waals surface area contributed by atoms with E-state index in [-0.39, 0.29) is 5.54 Å². The maximum atomic E-state index is 5.45. The van der Waals surface area contributed by atoms with Gasteiger partial charge in [-0.05, 0) is 43.7 Å². The molecule has 1 N–H and O–H groups in total.